The number of aliphatic hydroxyl groups excluding tert-OH is 1. The van der Waals surface area contributed by atoms with Crippen molar-refractivity contribution in [2.75, 3.05) is 11.5 Å². The summed E-state index contributed by atoms with van der Waals surface area (Å²) in [5, 5.41) is 18.4. The normalized spacial score (nSPS) is 12.4. The van der Waals surface area contributed by atoms with Gasteiger partial charge in [0.25, 0.3) is 0 Å². The standard InChI is InChI=1S/C10H12ClNO3S/c11-8-2-1-6(12)3-9(8)16-5-7(13)4-10(14)15/h1-3,7,13H,4-5,12H2,(H,14,15). The molecule has 1 rings (SSSR count). The van der Waals surface area contributed by atoms with Gasteiger partial charge in [0, 0.05) is 16.3 Å². The van der Waals surface area contributed by atoms with E-state index >= 15 is 0 Å². The van der Waals surface area contributed by atoms with Crippen LogP contribution in [0.15, 0.2) is 23.1 Å². The molecule has 6 heteroatoms. The largest absolute Gasteiger partial charge is 0.481 e. The van der Waals surface area contributed by atoms with Crippen LogP contribution < -0.4 is 5.73 Å². The number of aliphatic carboxylic acids is 1. The third kappa shape index (κ3) is 4.30. The van der Waals surface area contributed by atoms with Crippen LogP contribution in [0, 0.1) is 0 Å². The van der Waals surface area contributed by atoms with Crippen LogP contribution in [0.2, 0.25) is 5.02 Å². The van der Waals surface area contributed by atoms with Crippen LogP contribution in [0.3, 0.4) is 0 Å². The lowest BCUT2D eigenvalue weighted by atomic mass is 10.3. The first kappa shape index (κ1) is 13.2. The van der Waals surface area contributed by atoms with E-state index in [4.69, 9.17) is 22.4 Å². The van der Waals surface area contributed by atoms with Gasteiger partial charge >= 0.3 is 5.97 Å². The van der Waals surface area contributed by atoms with Gasteiger partial charge < -0.3 is 15.9 Å². The van der Waals surface area contributed by atoms with E-state index in [0.717, 1.165) is 4.90 Å². The Kier molecular flexibility index (Phi) is 4.92. The van der Waals surface area contributed by atoms with Gasteiger partial charge in [-0.3, -0.25) is 4.79 Å². The molecule has 1 unspecified atom stereocenters. The minimum Gasteiger partial charge on any atom is -0.481 e. The van der Waals surface area contributed by atoms with E-state index in [1.807, 2.05) is 0 Å². The Morgan fingerprint density at radius 3 is 2.88 bits per heavy atom. The quantitative estimate of drug-likeness (QED) is 0.557. The molecule has 0 aromatic heterocycles. The van der Waals surface area contributed by atoms with Gasteiger partial charge in [0.1, 0.15) is 0 Å². The molecule has 0 saturated carbocycles. The monoisotopic (exact) mass is 261 g/mol. The highest BCUT2D eigenvalue weighted by Gasteiger charge is 2.11. The third-order valence-corrected chi connectivity index (χ3v) is 3.44. The fourth-order valence-corrected chi connectivity index (χ4v) is 2.27. The van der Waals surface area contributed by atoms with Crippen molar-refractivity contribution in [3.63, 3.8) is 0 Å². The predicted octanol–water partition coefficient (Wildman–Crippen LogP) is 1.85. The van der Waals surface area contributed by atoms with Crippen LogP contribution in [0.1, 0.15) is 6.42 Å². The number of carboxylic acids is 1. The summed E-state index contributed by atoms with van der Waals surface area (Å²) in [4.78, 5) is 11.1. The lowest BCUT2D eigenvalue weighted by Gasteiger charge is -2.09. The Hall–Kier alpha value is -0.910. The second-order valence-corrected chi connectivity index (χ2v) is 4.72. The summed E-state index contributed by atoms with van der Waals surface area (Å²) < 4.78 is 0. The van der Waals surface area contributed by atoms with Gasteiger partial charge in [0.15, 0.2) is 0 Å². The molecular formula is C10H12ClNO3S. The van der Waals surface area contributed by atoms with Crippen LogP contribution in [0.5, 0.6) is 0 Å². The van der Waals surface area contributed by atoms with Gasteiger partial charge in [-0.1, -0.05) is 11.6 Å². The molecule has 0 heterocycles. The van der Waals surface area contributed by atoms with Crippen molar-refractivity contribution in [2.45, 2.75) is 17.4 Å². The Labute approximate surface area is 102 Å². The van der Waals surface area contributed by atoms with Gasteiger partial charge in [-0.05, 0) is 18.2 Å². The number of halogens is 1. The number of hydrogen-bond acceptors (Lipinski definition) is 4. The number of hydrogen-bond donors (Lipinski definition) is 3. The first-order valence-electron chi connectivity index (χ1n) is 4.56. The predicted molar refractivity (Wildman–Crippen MR) is 64.8 cm³/mol. The molecular weight excluding hydrogens is 250 g/mol. The molecule has 0 radical (unpaired) electrons. The van der Waals surface area contributed by atoms with Gasteiger partial charge in [-0.25, -0.2) is 0 Å². The number of anilines is 1. The van der Waals surface area contributed by atoms with E-state index in [0.29, 0.717) is 10.7 Å². The summed E-state index contributed by atoms with van der Waals surface area (Å²) in [6, 6.07) is 5.04. The SMILES string of the molecule is Nc1ccc(Cl)c(SCC(O)CC(=O)O)c1. The van der Waals surface area contributed by atoms with Gasteiger partial charge in [0.2, 0.25) is 0 Å². The molecule has 1 aromatic rings. The molecule has 0 aliphatic rings. The summed E-state index contributed by atoms with van der Waals surface area (Å²) in [6.45, 7) is 0. The summed E-state index contributed by atoms with van der Waals surface area (Å²) >= 11 is 7.20. The number of carbonyl (C=O) groups is 1. The van der Waals surface area contributed by atoms with E-state index in [-0.39, 0.29) is 12.2 Å². The van der Waals surface area contributed by atoms with E-state index in [9.17, 15) is 9.90 Å². The molecule has 0 aliphatic heterocycles. The highest BCUT2D eigenvalue weighted by Crippen LogP contribution is 2.29. The number of nitrogen functional groups attached to an aromatic ring is 1. The zero-order chi connectivity index (χ0) is 12.1. The first-order chi connectivity index (χ1) is 7.49. The minimum absolute atomic E-state index is 0.271. The smallest absolute Gasteiger partial charge is 0.306 e. The topological polar surface area (TPSA) is 83.5 Å². The molecule has 0 saturated heterocycles. The fraction of sp³-hybridized carbons (Fsp3) is 0.300. The second kappa shape index (κ2) is 5.98. The Balaban J connectivity index is 2.54. The number of rotatable bonds is 5. The maximum atomic E-state index is 10.3. The molecule has 0 amide bonds. The van der Waals surface area contributed by atoms with E-state index in [1.54, 1.807) is 18.2 Å². The Bertz CT molecular complexity index is 386. The van der Waals surface area contributed by atoms with Crippen LogP contribution in [0.25, 0.3) is 0 Å². The molecule has 0 bridgehead atoms. The van der Waals surface area contributed by atoms with E-state index in [1.165, 1.54) is 11.8 Å². The van der Waals surface area contributed by atoms with Crippen molar-refractivity contribution in [3.8, 4) is 0 Å². The Morgan fingerprint density at radius 2 is 2.25 bits per heavy atom. The van der Waals surface area contributed by atoms with Crippen molar-refractivity contribution < 1.29 is 15.0 Å². The second-order valence-electron chi connectivity index (χ2n) is 3.25. The average molecular weight is 262 g/mol. The number of thioether (sulfide) groups is 1. The van der Waals surface area contributed by atoms with Crippen LogP contribution in [-0.2, 0) is 4.79 Å². The number of carboxylic acid groups (broad SMARTS) is 1. The number of nitrogens with two attached hydrogens (primary N) is 1. The molecule has 0 fully saturated rings. The maximum absolute atomic E-state index is 10.3. The summed E-state index contributed by atoms with van der Waals surface area (Å²) in [5.74, 6) is -0.748. The number of aliphatic hydroxyl groups is 1. The Morgan fingerprint density at radius 1 is 1.56 bits per heavy atom. The lowest BCUT2D eigenvalue weighted by Crippen LogP contribution is -2.15. The van der Waals surface area contributed by atoms with E-state index in [2.05, 4.69) is 0 Å². The van der Waals surface area contributed by atoms with Gasteiger partial charge in [-0.2, -0.15) is 0 Å². The van der Waals surface area contributed by atoms with Crippen molar-refractivity contribution in [3.05, 3.63) is 23.2 Å². The van der Waals surface area contributed by atoms with Gasteiger partial charge in [0.05, 0.1) is 17.5 Å². The maximum Gasteiger partial charge on any atom is 0.306 e. The molecule has 4 N–H and O–H groups in total. The molecule has 88 valence electrons. The molecule has 4 nitrogen and oxygen atoms in total. The zero-order valence-corrected chi connectivity index (χ0v) is 9.96. The first-order valence-corrected chi connectivity index (χ1v) is 5.93. The van der Waals surface area contributed by atoms with Crippen LogP contribution in [0.4, 0.5) is 5.69 Å². The third-order valence-electron chi connectivity index (χ3n) is 1.80. The average Bonchev–Trinajstić information content (AvgIpc) is 2.18. The summed E-state index contributed by atoms with van der Waals surface area (Å²) in [6.07, 6.45) is -1.16. The van der Waals surface area contributed by atoms with Crippen molar-refractivity contribution in [1.29, 1.82) is 0 Å². The summed E-state index contributed by atoms with van der Waals surface area (Å²) in [5.41, 5.74) is 6.17. The van der Waals surface area contributed by atoms with E-state index < -0.39 is 12.1 Å². The highest BCUT2D eigenvalue weighted by molar-refractivity contribution is 7.99. The molecule has 16 heavy (non-hydrogen) atoms. The van der Waals surface area contributed by atoms with Gasteiger partial charge in [-0.15, -0.1) is 11.8 Å². The molecule has 1 aromatic carbocycles. The van der Waals surface area contributed by atoms with Crippen LogP contribution >= 0.6 is 23.4 Å². The van der Waals surface area contributed by atoms with Crippen LogP contribution in [-0.4, -0.2) is 28.0 Å². The zero-order valence-electron chi connectivity index (χ0n) is 8.39. The highest BCUT2D eigenvalue weighted by atomic mass is 35.5. The van der Waals surface area contributed by atoms with Crippen molar-refractivity contribution in [2.24, 2.45) is 0 Å². The number of benzene rings is 1. The van der Waals surface area contributed by atoms with Crippen molar-refractivity contribution in [1.82, 2.24) is 0 Å². The summed E-state index contributed by atoms with van der Waals surface area (Å²) in [7, 11) is 0. The molecule has 1 atom stereocenters. The molecule has 0 spiro atoms. The van der Waals surface area contributed by atoms with Crippen molar-refractivity contribution >= 4 is 35.0 Å². The lowest BCUT2D eigenvalue weighted by molar-refractivity contribution is -0.138. The fourth-order valence-electron chi connectivity index (χ4n) is 1.08. The minimum atomic E-state index is -1.02. The molecule has 0 aliphatic carbocycles.